The maximum Gasteiger partial charge on any atom is 0.253 e. The third kappa shape index (κ3) is 4.07. The van der Waals surface area contributed by atoms with Crippen LogP contribution in [0.4, 0.5) is 0 Å². The highest BCUT2D eigenvalue weighted by Gasteiger charge is 2.36. The Kier molecular flexibility index (Phi) is 5.71. The molecule has 2 amide bonds. The van der Waals surface area contributed by atoms with Crippen molar-refractivity contribution in [1.29, 1.82) is 0 Å². The quantitative estimate of drug-likeness (QED) is 0.882. The molecule has 1 aliphatic rings. The normalized spacial score (nSPS) is 21.2. The van der Waals surface area contributed by atoms with Gasteiger partial charge in [0.25, 0.3) is 5.91 Å². The van der Waals surface area contributed by atoms with E-state index in [1.54, 1.807) is 12.3 Å². The number of rotatable bonds is 5. The van der Waals surface area contributed by atoms with E-state index in [0.717, 1.165) is 5.69 Å². The zero-order valence-electron chi connectivity index (χ0n) is 14.4. The largest absolute Gasteiger partial charge is 0.348 e. The summed E-state index contributed by atoms with van der Waals surface area (Å²) < 4.78 is 0. The molecule has 2 rings (SSSR count). The average molecular weight is 318 g/mol. The highest BCUT2D eigenvalue weighted by molar-refractivity contribution is 5.94. The van der Waals surface area contributed by atoms with Crippen molar-refractivity contribution in [2.45, 2.75) is 39.3 Å². The maximum absolute atomic E-state index is 12.5. The number of amides is 2. The molecule has 6 nitrogen and oxygen atoms in total. The van der Waals surface area contributed by atoms with Gasteiger partial charge in [0.15, 0.2) is 0 Å². The van der Waals surface area contributed by atoms with Crippen LogP contribution < -0.4 is 5.32 Å². The van der Waals surface area contributed by atoms with Gasteiger partial charge >= 0.3 is 0 Å². The van der Waals surface area contributed by atoms with Gasteiger partial charge in [0.1, 0.15) is 0 Å². The molecule has 0 radical (unpaired) electrons. The number of carbonyl (C=O) groups is 2. The van der Waals surface area contributed by atoms with E-state index in [1.165, 1.54) is 0 Å². The van der Waals surface area contributed by atoms with E-state index >= 15 is 0 Å². The van der Waals surface area contributed by atoms with Crippen molar-refractivity contribution in [3.05, 3.63) is 29.6 Å². The summed E-state index contributed by atoms with van der Waals surface area (Å²) in [6, 6.07) is 3.42. The molecule has 2 atom stereocenters. The van der Waals surface area contributed by atoms with Gasteiger partial charge in [-0.15, -0.1) is 0 Å². The minimum Gasteiger partial charge on any atom is -0.348 e. The van der Waals surface area contributed by atoms with Crippen LogP contribution in [0.1, 0.15) is 36.3 Å². The minimum atomic E-state index is -0.156. The molecule has 1 saturated heterocycles. The van der Waals surface area contributed by atoms with Crippen LogP contribution in [0.25, 0.3) is 0 Å². The first kappa shape index (κ1) is 17.4. The number of hydrogen-bond donors (Lipinski definition) is 1. The van der Waals surface area contributed by atoms with Crippen molar-refractivity contribution in [1.82, 2.24) is 20.1 Å². The number of aromatic nitrogens is 1. The molecule has 1 fully saturated rings. The van der Waals surface area contributed by atoms with Gasteiger partial charge < -0.3 is 10.2 Å². The molecule has 1 N–H and O–H groups in total. The number of hydrogen-bond acceptors (Lipinski definition) is 4. The van der Waals surface area contributed by atoms with Gasteiger partial charge in [-0.3, -0.25) is 19.5 Å². The fraction of sp³-hybridized carbons (Fsp3) is 0.588. The summed E-state index contributed by atoms with van der Waals surface area (Å²) in [5, 5.41) is 3.01. The third-order valence-corrected chi connectivity index (χ3v) is 4.42. The molecule has 1 aliphatic heterocycles. The fourth-order valence-corrected chi connectivity index (χ4v) is 3.01. The highest BCUT2D eigenvalue weighted by atomic mass is 16.2. The number of nitrogens with one attached hydrogen (secondary N) is 1. The van der Waals surface area contributed by atoms with Crippen LogP contribution in [0.5, 0.6) is 0 Å². The van der Waals surface area contributed by atoms with E-state index in [4.69, 9.17) is 0 Å². The lowest BCUT2D eigenvalue weighted by molar-refractivity contribution is -0.135. The molecular weight excluding hydrogens is 292 g/mol. The lowest BCUT2D eigenvalue weighted by Gasteiger charge is -2.26. The van der Waals surface area contributed by atoms with Crippen LogP contribution in [0.2, 0.25) is 0 Å². The Hall–Kier alpha value is -1.95. The van der Waals surface area contributed by atoms with E-state index in [9.17, 15) is 9.59 Å². The molecule has 0 bridgehead atoms. The second kappa shape index (κ2) is 7.55. The lowest BCUT2D eigenvalue weighted by atomic mass is 10.1. The van der Waals surface area contributed by atoms with Gasteiger partial charge in [0.05, 0.1) is 11.6 Å². The van der Waals surface area contributed by atoms with Gasteiger partial charge in [-0.25, -0.2) is 0 Å². The predicted octanol–water partition coefficient (Wildman–Crippen LogP) is 1.06. The molecule has 23 heavy (non-hydrogen) atoms. The number of nitrogens with zero attached hydrogens (tertiary/aromatic N) is 3. The molecule has 1 aromatic rings. The van der Waals surface area contributed by atoms with Crippen LogP contribution in [0, 0.1) is 6.92 Å². The average Bonchev–Trinajstić information content (AvgIpc) is 2.89. The van der Waals surface area contributed by atoms with E-state index in [0.29, 0.717) is 31.6 Å². The third-order valence-electron chi connectivity index (χ3n) is 4.42. The Morgan fingerprint density at radius 2 is 2.04 bits per heavy atom. The minimum absolute atomic E-state index is 0.0154. The summed E-state index contributed by atoms with van der Waals surface area (Å²) in [6.45, 7) is 7.97. The van der Waals surface area contributed by atoms with Gasteiger partial charge in [-0.2, -0.15) is 0 Å². The maximum atomic E-state index is 12.5. The van der Waals surface area contributed by atoms with Gasteiger partial charge in [-0.05, 0) is 46.4 Å². The first-order valence-corrected chi connectivity index (χ1v) is 8.18. The second-order valence-corrected chi connectivity index (χ2v) is 6.06. The summed E-state index contributed by atoms with van der Waals surface area (Å²) in [5.41, 5.74) is 1.43. The lowest BCUT2D eigenvalue weighted by Crippen LogP contribution is -2.44. The van der Waals surface area contributed by atoms with E-state index in [1.807, 2.05) is 43.7 Å². The number of carbonyl (C=O) groups excluding carboxylic acids is 2. The Morgan fingerprint density at radius 1 is 1.35 bits per heavy atom. The molecule has 0 aromatic carbocycles. The van der Waals surface area contributed by atoms with Crippen molar-refractivity contribution < 1.29 is 9.59 Å². The number of pyridine rings is 1. The van der Waals surface area contributed by atoms with Crippen LogP contribution in [-0.2, 0) is 4.79 Å². The molecule has 6 heteroatoms. The summed E-state index contributed by atoms with van der Waals surface area (Å²) in [4.78, 5) is 32.8. The Labute approximate surface area is 137 Å². The first-order chi connectivity index (χ1) is 11.0. The summed E-state index contributed by atoms with van der Waals surface area (Å²) >= 11 is 0. The highest BCUT2D eigenvalue weighted by Crippen LogP contribution is 2.18. The zero-order valence-corrected chi connectivity index (χ0v) is 14.4. The second-order valence-electron chi connectivity index (χ2n) is 6.06. The van der Waals surface area contributed by atoms with E-state index in [2.05, 4.69) is 10.3 Å². The topological polar surface area (TPSA) is 65.5 Å². The molecule has 2 heterocycles. The number of aryl methyl sites for hydroxylation is 1. The van der Waals surface area contributed by atoms with Crippen molar-refractivity contribution in [2.24, 2.45) is 0 Å². The fourth-order valence-electron chi connectivity index (χ4n) is 3.01. The molecule has 0 spiro atoms. The van der Waals surface area contributed by atoms with Gasteiger partial charge in [0.2, 0.25) is 5.91 Å². The van der Waals surface area contributed by atoms with Crippen molar-refractivity contribution in [3.8, 4) is 0 Å². The molecular formula is C17H26N4O2. The van der Waals surface area contributed by atoms with Crippen LogP contribution in [0.15, 0.2) is 18.3 Å². The zero-order chi connectivity index (χ0) is 17.0. The predicted molar refractivity (Wildman–Crippen MR) is 89.2 cm³/mol. The monoisotopic (exact) mass is 318 g/mol. The number of likely N-dealkylation sites (tertiary alicyclic amines) is 1. The van der Waals surface area contributed by atoms with Gasteiger partial charge in [0, 0.05) is 37.6 Å². The Balaban J connectivity index is 1.97. The van der Waals surface area contributed by atoms with Crippen LogP contribution in [-0.4, -0.2) is 65.4 Å². The molecule has 0 aliphatic carbocycles. The standard InChI is InChI=1S/C17H26N4O2/c1-5-21(6-2)17(23)15-9-14(11-20(15)4)19-16(22)13-8-7-12(3)18-10-13/h7-8,10,14-15H,5-6,9,11H2,1-4H3,(H,19,22)/t14-,15+/m1/s1. The van der Waals surface area contributed by atoms with Crippen molar-refractivity contribution in [3.63, 3.8) is 0 Å². The molecule has 1 aromatic heterocycles. The van der Waals surface area contributed by atoms with Crippen molar-refractivity contribution in [2.75, 3.05) is 26.7 Å². The van der Waals surface area contributed by atoms with Crippen LogP contribution in [0.3, 0.4) is 0 Å². The SMILES string of the molecule is CCN(CC)C(=O)[C@@H]1C[C@@H](NC(=O)c2ccc(C)nc2)CN1C. The Morgan fingerprint density at radius 3 is 2.61 bits per heavy atom. The number of likely N-dealkylation sites (N-methyl/N-ethyl adjacent to an activating group) is 2. The van der Waals surface area contributed by atoms with Crippen LogP contribution >= 0.6 is 0 Å². The van der Waals surface area contributed by atoms with E-state index < -0.39 is 0 Å². The Bertz CT molecular complexity index is 554. The van der Waals surface area contributed by atoms with E-state index in [-0.39, 0.29) is 23.9 Å². The van der Waals surface area contributed by atoms with Crippen molar-refractivity contribution >= 4 is 11.8 Å². The summed E-state index contributed by atoms with van der Waals surface area (Å²) in [5.74, 6) is 0.0121. The molecule has 126 valence electrons. The molecule has 0 unspecified atom stereocenters. The summed E-state index contributed by atoms with van der Waals surface area (Å²) in [6.07, 6.45) is 2.23. The smallest absolute Gasteiger partial charge is 0.253 e. The summed E-state index contributed by atoms with van der Waals surface area (Å²) in [7, 11) is 1.94. The molecule has 0 saturated carbocycles. The van der Waals surface area contributed by atoms with Gasteiger partial charge in [-0.1, -0.05) is 0 Å². The first-order valence-electron chi connectivity index (χ1n) is 8.18.